The molecule has 0 bridgehead atoms. The molecule has 0 amide bonds. The molecular formula is C13H15ClN2O. The van der Waals surface area contributed by atoms with E-state index in [1.807, 2.05) is 24.3 Å². The average Bonchev–Trinajstić information content (AvgIpc) is 2.59. The van der Waals surface area contributed by atoms with E-state index in [1.54, 1.807) is 0 Å². The molecule has 2 aromatic rings. The van der Waals surface area contributed by atoms with Gasteiger partial charge in [0.05, 0.1) is 5.56 Å². The van der Waals surface area contributed by atoms with Crippen LogP contribution in [-0.2, 0) is 5.41 Å². The molecule has 0 aliphatic carbocycles. The summed E-state index contributed by atoms with van der Waals surface area (Å²) in [6.07, 6.45) is 0. The van der Waals surface area contributed by atoms with Gasteiger partial charge in [-0.2, -0.15) is 0 Å². The summed E-state index contributed by atoms with van der Waals surface area (Å²) >= 11 is 5.99. The molecule has 0 radical (unpaired) electrons. The second-order valence-corrected chi connectivity index (χ2v) is 5.47. The van der Waals surface area contributed by atoms with Crippen LogP contribution in [0.1, 0.15) is 26.5 Å². The van der Waals surface area contributed by atoms with Gasteiger partial charge in [-0.1, -0.05) is 49.7 Å². The lowest BCUT2D eigenvalue weighted by Gasteiger charge is -2.16. The zero-order chi connectivity index (χ0) is 12.6. The van der Waals surface area contributed by atoms with Crippen molar-refractivity contribution < 1.29 is 4.52 Å². The number of hydrogen-bond donors (Lipinski definition) is 1. The largest absolute Gasteiger partial charge is 0.380 e. The van der Waals surface area contributed by atoms with Crippen LogP contribution >= 0.6 is 11.6 Å². The van der Waals surface area contributed by atoms with Crippen molar-refractivity contribution in [3.63, 3.8) is 0 Å². The summed E-state index contributed by atoms with van der Waals surface area (Å²) in [4.78, 5) is 0. The van der Waals surface area contributed by atoms with Crippen LogP contribution in [0, 0.1) is 0 Å². The van der Waals surface area contributed by atoms with Crippen LogP contribution in [0.2, 0.25) is 5.02 Å². The number of hydrogen-bond acceptors (Lipinski definition) is 3. The Labute approximate surface area is 106 Å². The highest BCUT2D eigenvalue weighted by Crippen LogP contribution is 2.37. The van der Waals surface area contributed by atoms with Crippen LogP contribution in [0.3, 0.4) is 0 Å². The Balaban J connectivity index is 2.63. The number of benzene rings is 1. The van der Waals surface area contributed by atoms with Gasteiger partial charge in [-0.3, -0.25) is 0 Å². The topological polar surface area (TPSA) is 52.0 Å². The van der Waals surface area contributed by atoms with Crippen molar-refractivity contribution in [1.29, 1.82) is 0 Å². The number of halogens is 1. The first-order valence-corrected chi connectivity index (χ1v) is 5.79. The van der Waals surface area contributed by atoms with Gasteiger partial charge >= 0.3 is 0 Å². The minimum Gasteiger partial charge on any atom is -0.380 e. The van der Waals surface area contributed by atoms with Gasteiger partial charge in [-0.15, -0.1) is 0 Å². The van der Waals surface area contributed by atoms with Crippen molar-refractivity contribution in [1.82, 2.24) is 5.16 Å². The SMILES string of the molecule is CC(C)(C)c1onc(N)c1-c1cccc(Cl)c1. The number of nitrogens with two attached hydrogens (primary N) is 1. The first kappa shape index (κ1) is 12.0. The molecule has 17 heavy (non-hydrogen) atoms. The van der Waals surface area contributed by atoms with Gasteiger partial charge in [0.2, 0.25) is 0 Å². The maximum atomic E-state index is 5.99. The van der Waals surface area contributed by atoms with E-state index in [1.165, 1.54) is 0 Å². The lowest BCUT2D eigenvalue weighted by molar-refractivity contribution is 0.332. The molecule has 0 spiro atoms. The molecule has 0 aliphatic heterocycles. The Morgan fingerprint density at radius 1 is 1.29 bits per heavy atom. The van der Waals surface area contributed by atoms with Crippen LogP contribution in [-0.4, -0.2) is 5.16 Å². The average molecular weight is 251 g/mol. The molecule has 4 heteroatoms. The maximum absolute atomic E-state index is 5.99. The van der Waals surface area contributed by atoms with Crippen LogP contribution in [0.5, 0.6) is 0 Å². The normalized spacial score (nSPS) is 11.8. The second-order valence-electron chi connectivity index (χ2n) is 5.03. The highest BCUT2D eigenvalue weighted by Gasteiger charge is 2.26. The van der Waals surface area contributed by atoms with E-state index >= 15 is 0 Å². The predicted octanol–water partition coefficient (Wildman–Crippen LogP) is 3.87. The molecule has 1 heterocycles. The molecule has 90 valence electrons. The molecular weight excluding hydrogens is 236 g/mol. The third kappa shape index (κ3) is 2.29. The van der Waals surface area contributed by atoms with Crippen LogP contribution in [0.4, 0.5) is 5.82 Å². The molecule has 0 unspecified atom stereocenters. The monoisotopic (exact) mass is 250 g/mol. The standard InChI is InChI=1S/C13H15ClN2O/c1-13(2,3)11-10(12(15)16-17-11)8-5-4-6-9(14)7-8/h4-7H,1-3H3,(H2,15,16). The molecule has 0 aliphatic rings. The van der Waals surface area contributed by atoms with E-state index in [4.69, 9.17) is 21.9 Å². The molecule has 2 rings (SSSR count). The summed E-state index contributed by atoms with van der Waals surface area (Å²) in [7, 11) is 0. The van der Waals surface area contributed by atoms with Crippen LogP contribution in [0.25, 0.3) is 11.1 Å². The number of aromatic nitrogens is 1. The summed E-state index contributed by atoms with van der Waals surface area (Å²) in [6, 6.07) is 7.52. The van der Waals surface area contributed by atoms with Crippen molar-refractivity contribution in [2.75, 3.05) is 5.73 Å². The second kappa shape index (κ2) is 4.08. The fourth-order valence-corrected chi connectivity index (χ4v) is 1.93. The molecule has 1 aromatic heterocycles. The minimum atomic E-state index is -0.151. The smallest absolute Gasteiger partial charge is 0.175 e. The Morgan fingerprint density at radius 2 is 2.00 bits per heavy atom. The first-order valence-electron chi connectivity index (χ1n) is 5.41. The Bertz CT molecular complexity index is 541. The zero-order valence-corrected chi connectivity index (χ0v) is 10.9. The van der Waals surface area contributed by atoms with Crippen molar-refractivity contribution in [3.8, 4) is 11.1 Å². The molecule has 3 nitrogen and oxygen atoms in total. The van der Waals surface area contributed by atoms with Gasteiger partial charge in [0, 0.05) is 10.4 Å². The third-order valence-corrected chi connectivity index (χ3v) is 2.75. The number of rotatable bonds is 1. The van der Waals surface area contributed by atoms with Crippen LogP contribution in [0.15, 0.2) is 28.8 Å². The summed E-state index contributed by atoms with van der Waals surface area (Å²) in [5.41, 5.74) is 7.49. The van der Waals surface area contributed by atoms with Crippen molar-refractivity contribution in [3.05, 3.63) is 35.0 Å². The van der Waals surface area contributed by atoms with Crippen molar-refractivity contribution in [2.24, 2.45) is 0 Å². The quantitative estimate of drug-likeness (QED) is 0.836. The molecule has 1 aromatic carbocycles. The summed E-state index contributed by atoms with van der Waals surface area (Å²) < 4.78 is 5.34. The van der Waals surface area contributed by atoms with E-state index in [0.717, 1.165) is 16.9 Å². The fourth-order valence-electron chi connectivity index (χ4n) is 1.74. The van der Waals surface area contributed by atoms with E-state index in [9.17, 15) is 0 Å². The van der Waals surface area contributed by atoms with E-state index in [0.29, 0.717) is 10.8 Å². The zero-order valence-electron chi connectivity index (χ0n) is 10.1. The number of anilines is 1. The van der Waals surface area contributed by atoms with E-state index < -0.39 is 0 Å². The summed E-state index contributed by atoms with van der Waals surface area (Å²) in [5, 5.41) is 4.52. The maximum Gasteiger partial charge on any atom is 0.175 e. The van der Waals surface area contributed by atoms with Gasteiger partial charge in [-0.05, 0) is 17.7 Å². The van der Waals surface area contributed by atoms with E-state index in [-0.39, 0.29) is 5.41 Å². The third-order valence-electron chi connectivity index (χ3n) is 2.51. The van der Waals surface area contributed by atoms with Gasteiger partial charge in [-0.25, -0.2) is 0 Å². The Hall–Kier alpha value is -1.48. The highest BCUT2D eigenvalue weighted by molar-refractivity contribution is 6.30. The molecule has 0 saturated heterocycles. The lowest BCUT2D eigenvalue weighted by atomic mass is 9.88. The van der Waals surface area contributed by atoms with Gasteiger partial charge in [0.1, 0.15) is 0 Å². The first-order chi connectivity index (χ1) is 7.89. The van der Waals surface area contributed by atoms with Crippen molar-refractivity contribution >= 4 is 17.4 Å². The van der Waals surface area contributed by atoms with Gasteiger partial charge < -0.3 is 10.3 Å². The summed E-state index contributed by atoms with van der Waals surface area (Å²) in [6.45, 7) is 6.17. The van der Waals surface area contributed by atoms with Crippen LogP contribution < -0.4 is 5.73 Å². The Kier molecular flexibility index (Phi) is 2.87. The molecule has 0 saturated carbocycles. The van der Waals surface area contributed by atoms with Crippen molar-refractivity contribution in [2.45, 2.75) is 26.2 Å². The molecule has 0 atom stereocenters. The predicted molar refractivity (Wildman–Crippen MR) is 70.1 cm³/mol. The van der Waals surface area contributed by atoms with Gasteiger partial charge in [0.15, 0.2) is 11.6 Å². The van der Waals surface area contributed by atoms with Gasteiger partial charge in [0.25, 0.3) is 0 Å². The molecule has 0 fully saturated rings. The number of nitrogens with zero attached hydrogens (tertiary/aromatic N) is 1. The molecule has 2 N–H and O–H groups in total. The lowest BCUT2D eigenvalue weighted by Crippen LogP contribution is -2.11. The minimum absolute atomic E-state index is 0.151. The fraction of sp³-hybridized carbons (Fsp3) is 0.308. The summed E-state index contributed by atoms with van der Waals surface area (Å²) in [5.74, 6) is 1.18. The highest BCUT2D eigenvalue weighted by atomic mass is 35.5. The van der Waals surface area contributed by atoms with E-state index in [2.05, 4.69) is 25.9 Å². The number of nitrogen functional groups attached to an aromatic ring is 1. The Morgan fingerprint density at radius 3 is 2.59 bits per heavy atom.